The zero-order valence-electron chi connectivity index (χ0n) is 18.6. The fraction of sp³-hybridized carbons (Fsp3) is 0.167. The summed E-state index contributed by atoms with van der Waals surface area (Å²) in [5.74, 6) is 0.277. The third kappa shape index (κ3) is 3.53. The molecule has 2 heterocycles. The van der Waals surface area contributed by atoms with Gasteiger partial charge < -0.3 is 15.2 Å². The molecule has 33 heavy (non-hydrogen) atoms. The summed E-state index contributed by atoms with van der Waals surface area (Å²) >= 11 is 0. The number of ether oxygens (including phenoxy) is 2. The molecule has 0 amide bonds. The predicted octanol–water partition coefficient (Wildman–Crippen LogP) is 2.13. The van der Waals surface area contributed by atoms with Crippen LogP contribution in [0.2, 0.25) is 0 Å². The Morgan fingerprint density at radius 2 is 1.64 bits per heavy atom. The van der Waals surface area contributed by atoms with Crippen molar-refractivity contribution in [2.75, 3.05) is 20.0 Å². The van der Waals surface area contributed by atoms with Gasteiger partial charge in [-0.2, -0.15) is 0 Å². The van der Waals surface area contributed by atoms with Crippen molar-refractivity contribution in [1.29, 1.82) is 0 Å². The van der Waals surface area contributed by atoms with Crippen molar-refractivity contribution in [3.63, 3.8) is 0 Å². The number of carbonyl (C=O) groups is 1. The van der Waals surface area contributed by atoms with Crippen LogP contribution in [0.25, 0.3) is 22.2 Å². The molecule has 0 saturated heterocycles. The van der Waals surface area contributed by atoms with Crippen molar-refractivity contribution in [3.05, 3.63) is 80.5 Å². The zero-order valence-corrected chi connectivity index (χ0v) is 18.6. The van der Waals surface area contributed by atoms with Crippen molar-refractivity contribution < 1.29 is 14.3 Å². The van der Waals surface area contributed by atoms with Gasteiger partial charge in [0.2, 0.25) is 5.78 Å². The lowest BCUT2D eigenvalue weighted by atomic mass is 9.97. The van der Waals surface area contributed by atoms with E-state index in [1.807, 2.05) is 6.07 Å². The molecule has 4 aromatic rings. The lowest BCUT2D eigenvalue weighted by Gasteiger charge is -2.14. The smallest absolute Gasteiger partial charge is 0.332 e. The molecule has 0 fully saturated rings. The van der Waals surface area contributed by atoms with Crippen molar-refractivity contribution in [1.82, 2.24) is 14.1 Å². The number of ketones is 1. The topological polar surface area (TPSA) is 118 Å². The van der Waals surface area contributed by atoms with Gasteiger partial charge in [0.25, 0.3) is 5.56 Å². The Labute approximate surface area is 188 Å². The molecule has 2 aromatic carbocycles. The van der Waals surface area contributed by atoms with Crippen LogP contribution >= 0.6 is 0 Å². The number of nitrogens with zero attached hydrogens (tertiary/aromatic N) is 3. The van der Waals surface area contributed by atoms with Crippen LogP contribution in [0.5, 0.6) is 11.5 Å². The van der Waals surface area contributed by atoms with E-state index >= 15 is 0 Å². The number of pyridine rings is 1. The second kappa shape index (κ2) is 8.27. The number of carbonyl (C=O) groups excluding carboxylic acids is 1. The molecule has 0 spiro atoms. The fourth-order valence-corrected chi connectivity index (χ4v) is 3.71. The molecule has 168 valence electrons. The number of anilines is 1. The normalized spacial score (nSPS) is 10.9. The van der Waals surface area contributed by atoms with Gasteiger partial charge in [-0.15, -0.1) is 0 Å². The van der Waals surface area contributed by atoms with Crippen molar-refractivity contribution in [3.8, 4) is 22.8 Å². The van der Waals surface area contributed by atoms with E-state index < -0.39 is 17.0 Å². The zero-order chi connectivity index (χ0) is 23.9. The number of hydrogen-bond acceptors (Lipinski definition) is 7. The summed E-state index contributed by atoms with van der Waals surface area (Å²) in [7, 11) is 5.79. The second-order valence-corrected chi connectivity index (χ2v) is 7.44. The number of fused-ring (bicyclic) bond motifs is 1. The second-order valence-electron chi connectivity index (χ2n) is 7.44. The van der Waals surface area contributed by atoms with Crippen molar-refractivity contribution in [2.24, 2.45) is 14.1 Å². The van der Waals surface area contributed by atoms with Gasteiger partial charge in [-0.25, -0.2) is 9.78 Å². The molecule has 0 saturated carbocycles. The number of methoxy groups -OCH3 is 2. The van der Waals surface area contributed by atoms with E-state index in [0.29, 0.717) is 33.7 Å². The summed E-state index contributed by atoms with van der Waals surface area (Å²) in [6.45, 7) is 0. The van der Waals surface area contributed by atoms with E-state index in [4.69, 9.17) is 15.2 Å². The number of nitrogens with two attached hydrogens (primary N) is 1. The highest BCUT2D eigenvalue weighted by Gasteiger charge is 2.24. The van der Waals surface area contributed by atoms with Crippen LogP contribution in [-0.2, 0) is 14.1 Å². The number of aromatic nitrogens is 3. The highest BCUT2D eigenvalue weighted by molar-refractivity contribution is 6.18. The summed E-state index contributed by atoms with van der Waals surface area (Å²) in [4.78, 5) is 43.3. The van der Waals surface area contributed by atoms with Crippen LogP contribution in [0.15, 0.2) is 58.1 Å². The monoisotopic (exact) mass is 446 g/mol. The predicted molar refractivity (Wildman–Crippen MR) is 125 cm³/mol. The Hall–Kier alpha value is -4.40. The van der Waals surface area contributed by atoms with Crippen molar-refractivity contribution >= 4 is 22.5 Å². The average Bonchev–Trinajstić information content (AvgIpc) is 2.85. The Bertz CT molecular complexity index is 1530. The quantitative estimate of drug-likeness (QED) is 0.467. The number of para-hydroxylation sites is 1. The number of rotatable bonds is 5. The molecule has 0 atom stereocenters. The van der Waals surface area contributed by atoms with Crippen molar-refractivity contribution in [2.45, 2.75) is 0 Å². The van der Waals surface area contributed by atoms with Crippen LogP contribution in [0.4, 0.5) is 5.82 Å². The maximum absolute atomic E-state index is 13.6. The average molecular weight is 446 g/mol. The SMILES string of the molecule is COc1ccc(-c2cc(C(=O)c3c(N)n(C)c(=O)n(C)c3=O)c3ccccc3n2)cc1OC. The summed E-state index contributed by atoms with van der Waals surface area (Å²) in [6, 6.07) is 14.0. The van der Waals surface area contributed by atoms with Gasteiger partial charge in [0, 0.05) is 30.6 Å². The van der Waals surface area contributed by atoms with Crippen LogP contribution in [0, 0.1) is 0 Å². The minimum Gasteiger partial charge on any atom is -0.493 e. The number of hydrogen-bond donors (Lipinski definition) is 1. The van der Waals surface area contributed by atoms with Gasteiger partial charge in [-0.05, 0) is 30.3 Å². The first-order valence-corrected chi connectivity index (χ1v) is 10.0. The summed E-state index contributed by atoms with van der Waals surface area (Å²) in [5.41, 5.74) is 6.39. The van der Waals surface area contributed by atoms with E-state index in [1.54, 1.807) is 49.6 Å². The third-order valence-electron chi connectivity index (χ3n) is 5.58. The Morgan fingerprint density at radius 1 is 0.939 bits per heavy atom. The molecule has 2 aromatic heterocycles. The van der Waals surface area contributed by atoms with Gasteiger partial charge in [0.1, 0.15) is 11.4 Å². The van der Waals surface area contributed by atoms with Gasteiger partial charge in [-0.1, -0.05) is 18.2 Å². The van der Waals surface area contributed by atoms with Gasteiger partial charge in [0.15, 0.2) is 11.5 Å². The molecule has 0 aliphatic carbocycles. The molecule has 0 aliphatic rings. The largest absolute Gasteiger partial charge is 0.493 e. The highest BCUT2D eigenvalue weighted by atomic mass is 16.5. The molecule has 0 bridgehead atoms. The number of nitrogen functional groups attached to an aromatic ring is 1. The molecule has 0 unspecified atom stereocenters. The highest BCUT2D eigenvalue weighted by Crippen LogP contribution is 2.33. The third-order valence-corrected chi connectivity index (χ3v) is 5.58. The van der Waals surface area contributed by atoms with E-state index in [2.05, 4.69) is 4.98 Å². The van der Waals surface area contributed by atoms with E-state index in [1.165, 1.54) is 21.2 Å². The lowest BCUT2D eigenvalue weighted by Crippen LogP contribution is -2.41. The first-order valence-electron chi connectivity index (χ1n) is 10.0. The molecular weight excluding hydrogens is 424 g/mol. The standard InChI is InChI=1S/C24H22N4O5/c1-27-22(25)20(23(30)28(2)24(27)31)21(29)15-12-17(26-16-8-6-5-7-14(15)16)13-9-10-18(32-3)19(11-13)33-4/h5-12H,25H2,1-4H3. The minimum atomic E-state index is -0.755. The Morgan fingerprint density at radius 3 is 2.33 bits per heavy atom. The minimum absolute atomic E-state index is 0.193. The summed E-state index contributed by atoms with van der Waals surface area (Å²) in [6.07, 6.45) is 0. The first kappa shape index (κ1) is 21.8. The maximum Gasteiger partial charge on any atom is 0.332 e. The molecule has 2 N–H and O–H groups in total. The first-order chi connectivity index (χ1) is 15.8. The molecular formula is C24H22N4O5. The molecule has 9 nitrogen and oxygen atoms in total. The molecule has 0 radical (unpaired) electrons. The number of benzene rings is 2. The van der Waals surface area contributed by atoms with Crippen LogP contribution in [0.3, 0.4) is 0 Å². The van der Waals surface area contributed by atoms with Crippen LogP contribution in [0.1, 0.15) is 15.9 Å². The maximum atomic E-state index is 13.6. The summed E-state index contributed by atoms with van der Waals surface area (Å²) in [5, 5.41) is 0.557. The molecule has 0 aliphatic heterocycles. The van der Waals surface area contributed by atoms with Gasteiger partial charge in [0.05, 0.1) is 25.4 Å². The fourth-order valence-electron chi connectivity index (χ4n) is 3.71. The molecule has 9 heteroatoms. The lowest BCUT2D eigenvalue weighted by molar-refractivity contribution is 0.103. The summed E-state index contributed by atoms with van der Waals surface area (Å²) < 4.78 is 12.6. The van der Waals surface area contributed by atoms with Gasteiger partial charge >= 0.3 is 5.69 Å². The van der Waals surface area contributed by atoms with E-state index in [9.17, 15) is 14.4 Å². The van der Waals surface area contributed by atoms with E-state index in [0.717, 1.165) is 9.13 Å². The van der Waals surface area contributed by atoms with Crippen LogP contribution in [-0.4, -0.2) is 34.1 Å². The Balaban J connectivity index is 2.00. The van der Waals surface area contributed by atoms with Crippen LogP contribution < -0.4 is 26.5 Å². The van der Waals surface area contributed by atoms with Gasteiger partial charge in [-0.3, -0.25) is 18.7 Å². The van der Waals surface area contributed by atoms with E-state index in [-0.39, 0.29) is 16.9 Å². The molecule has 4 rings (SSSR count). The Kier molecular flexibility index (Phi) is 5.47.